The van der Waals surface area contributed by atoms with Gasteiger partial charge in [0, 0.05) is 23.9 Å². The highest BCUT2D eigenvalue weighted by atomic mass is 19.4. The van der Waals surface area contributed by atoms with Crippen LogP contribution in [0, 0.1) is 23.0 Å². The van der Waals surface area contributed by atoms with Crippen LogP contribution in [0.4, 0.5) is 22.0 Å². The molecule has 3 N–H and O–H groups in total. The monoisotopic (exact) mass is 452 g/mol. The predicted molar refractivity (Wildman–Crippen MR) is 100 cm³/mol. The second kappa shape index (κ2) is 8.25. The summed E-state index contributed by atoms with van der Waals surface area (Å²) in [5.41, 5.74) is 1.18. The van der Waals surface area contributed by atoms with Gasteiger partial charge in [0.1, 0.15) is 6.10 Å². The summed E-state index contributed by atoms with van der Waals surface area (Å²) in [5.74, 6) is -7.63. The number of primary amides is 1. The highest BCUT2D eigenvalue weighted by Gasteiger charge is 2.65. The molecule has 0 bridgehead atoms. The topological polar surface area (TPSA) is 90.6 Å². The van der Waals surface area contributed by atoms with E-state index in [-0.39, 0.29) is 12.1 Å². The van der Waals surface area contributed by atoms with Gasteiger partial charge in [0.25, 0.3) is 0 Å². The van der Waals surface area contributed by atoms with Gasteiger partial charge in [0.2, 0.25) is 17.6 Å². The Bertz CT molecular complexity index is 874. The van der Waals surface area contributed by atoms with E-state index in [1.165, 1.54) is 20.8 Å². The number of methoxy groups -OCH3 is 1. The molecule has 0 spiro atoms. The predicted octanol–water partition coefficient (Wildman–Crippen LogP) is 3.04. The Morgan fingerprint density at radius 2 is 1.84 bits per heavy atom. The third kappa shape index (κ3) is 4.32. The Morgan fingerprint density at radius 3 is 2.32 bits per heavy atom. The average molecular weight is 452 g/mol. The Morgan fingerprint density at radius 1 is 1.26 bits per heavy atom. The lowest BCUT2D eigenvalue weighted by Gasteiger charge is -2.32. The standard InChI is InChI=1S/C20H25F5N2O4/c1-9-12(10-6-7-11(21)13(22)14(10)30-5)15(31-19(9,4)20(23,24)25)16(28)27-8-18(2,3)17(26)29/h6-7,9,12,15H,8H2,1-5H3,(H2,26,29)(H,27,28)/t9-,12-,15+,19+/m0/s1. The number of hydrogen-bond donors (Lipinski definition) is 2. The zero-order valence-corrected chi connectivity index (χ0v) is 17.7. The maximum atomic E-state index is 14.3. The van der Waals surface area contributed by atoms with Gasteiger partial charge >= 0.3 is 6.18 Å². The van der Waals surface area contributed by atoms with Crippen molar-refractivity contribution in [3.8, 4) is 5.75 Å². The lowest BCUT2D eigenvalue weighted by atomic mass is 9.77. The lowest BCUT2D eigenvalue weighted by molar-refractivity contribution is -0.272. The van der Waals surface area contributed by atoms with E-state index in [0.29, 0.717) is 0 Å². The molecule has 2 amide bonds. The Labute approximate surface area is 176 Å². The van der Waals surface area contributed by atoms with Crippen molar-refractivity contribution in [3.05, 3.63) is 29.3 Å². The molecule has 1 aliphatic rings. The van der Waals surface area contributed by atoms with Gasteiger partial charge in [-0.05, 0) is 26.8 Å². The zero-order valence-electron chi connectivity index (χ0n) is 17.7. The van der Waals surface area contributed by atoms with Crippen LogP contribution in [0.2, 0.25) is 0 Å². The van der Waals surface area contributed by atoms with Crippen molar-refractivity contribution in [1.82, 2.24) is 5.32 Å². The van der Waals surface area contributed by atoms with Gasteiger partial charge in [-0.1, -0.05) is 13.0 Å². The van der Waals surface area contributed by atoms with Gasteiger partial charge < -0.3 is 20.5 Å². The van der Waals surface area contributed by atoms with E-state index in [1.54, 1.807) is 0 Å². The lowest BCUT2D eigenvalue weighted by Crippen LogP contribution is -2.48. The van der Waals surface area contributed by atoms with Crippen molar-refractivity contribution >= 4 is 11.8 Å². The number of nitrogens with two attached hydrogens (primary N) is 1. The molecule has 1 saturated heterocycles. The fourth-order valence-electron chi connectivity index (χ4n) is 3.54. The molecule has 31 heavy (non-hydrogen) atoms. The summed E-state index contributed by atoms with van der Waals surface area (Å²) in [7, 11) is 1.04. The average Bonchev–Trinajstić information content (AvgIpc) is 2.94. The van der Waals surface area contributed by atoms with Gasteiger partial charge in [-0.2, -0.15) is 17.6 Å². The van der Waals surface area contributed by atoms with Crippen LogP contribution in [-0.4, -0.2) is 43.4 Å². The fraction of sp³-hybridized carbons (Fsp3) is 0.600. The minimum absolute atomic E-state index is 0.142. The number of rotatable bonds is 6. The van der Waals surface area contributed by atoms with Crippen molar-refractivity contribution in [3.63, 3.8) is 0 Å². The van der Waals surface area contributed by atoms with Crippen LogP contribution in [-0.2, 0) is 14.3 Å². The van der Waals surface area contributed by atoms with Gasteiger partial charge in [0.15, 0.2) is 17.2 Å². The number of alkyl halides is 3. The number of carbonyl (C=O) groups is 2. The first kappa shape index (κ1) is 24.8. The van der Waals surface area contributed by atoms with E-state index in [9.17, 15) is 31.5 Å². The van der Waals surface area contributed by atoms with Crippen LogP contribution in [0.3, 0.4) is 0 Å². The van der Waals surface area contributed by atoms with E-state index in [0.717, 1.165) is 26.2 Å². The number of carbonyl (C=O) groups excluding carboxylic acids is 2. The molecule has 1 aromatic carbocycles. The molecular formula is C20H25F5N2O4. The van der Waals surface area contributed by atoms with Crippen molar-refractivity contribution in [2.45, 2.75) is 51.5 Å². The second-order valence-electron chi connectivity index (χ2n) is 8.41. The van der Waals surface area contributed by atoms with Gasteiger partial charge in [-0.3, -0.25) is 9.59 Å². The van der Waals surface area contributed by atoms with E-state index >= 15 is 0 Å². The van der Waals surface area contributed by atoms with Crippen LogP contribution in [0.25, 0.3) is 0 Å². The number of halogens is 5. The van der Waals surface area contributed by atoms with E-state index in [4.69, 9.17) is 15.2 Å². The molecule has 0 aliphatic carbocycles. The molecular weight excluding hydrogens is 427 g/mol. The highest BCUT2D eigenvalue weighted by Crippen LogP contribution is 2.54. The van der Waals surface area contributed by atoms with E-state index in [1.807, 2.05) is 0 Å². The first-order chi connectivity index (χ1) is 14.1. The number of amides is 2. The molecule has 1 aromatic rings. The molecule has 174 valence electrons. The number of ether oxygens (including phenoxy) is 2. The molecule has 2 rings (SSSR count). The number of nitrogens with one attached hydrogen (secondary N) is 1. The maximum absolute atomic E-state index is 14.3. The van der Waals surface area contributed by atoms with Crippen LogP contribution >= 0.6 is 0 Å². The number of hydrogen-bond acceptors (Lipinski definition) is 4. The summed E-state index contributed by atoms with van der Waals surface area (Å²) in [5, 5.41) is 2.38. The molecule has 1 heterocycles. The van der Waals surface area contributed by atoms with Crippen LogP contribution < -0.4 is 15.8 Å². The molecule has 1 aliphatic heterocycles. The molecule has 4 atom stereocenters. The largest absolute Gasteiger partial charge is 0.493 e. The summed E-state index contributed by atoms with van der Waals surface area (Å²) in [6.45, 7) is 4.63. The second-order valence-corrected chi connectivity index (χ2v) is 8.41. The molecule has 0 saturated carbocycles. The summed E-state index contributed by atoms with van der Waals surface area (Å²) in [4.78, 5) is 24.3. The molecule has 0 aromatic heterocycles. The van der Waals surface area contributed by atoms with Crippen molar-refractivity contribution in [2.24, 2.45) is 17.1 Å². The van der Waals surface area contributed by atoms with Crippen molar-refractivity contribution < 1.29 is 41.0 Å². The summed E-state index contributed by atoms with van der Waals surface area (Å²) in [6, 6.07) is 1.81. The highest BCUT2D eigenvalue weighted by molar-refractivity contribution is 5.85. The minimum Gasteiger partial charge on any atom is -0.493 e. The normalized spacial score (nSPS) is 26.6. The smallest absolute Gasteiger partial charge is 0.417 e. The zero-order chi connectivity index (χ0) is 23.9. The van der Waals surface area contributed by atoms with Gasteiger partial charge in [0.05, 0.1) is 12.5 Å². The summed E-state index contributed by atoms with van der Waals surface area (Å²) >= 11 is 0. The van der Waals surface area contributed by atoms with Gasteiger partial charge in [-0.15, -0.1) is 0 Å². The number of benzene rings is 1. The molecule has 6 nitrogen and oxygen atoms in total. The van der Waals surface area contributed by atoms with Crippen molar-refractivity contribution in [2.75, 3.05) is 13.7 Å². The van der Waals surface area contributed by atoms with Crippen LogP contribution in [0.1, 0.15) is 39.2 Å². The quantitative estimate of drug-likeness (QED) is 0.650. The SMILES string of the molecule is COc1c([C@H]2[C@H](C(=O)NCC(C)(C)C(N)=O)O[C@@](C)(C(F)(F)F)[C@H]2C)ccc(F)c1F. The summed E-state index contributed by atoms with van der Waals surface area (Å²) in [6.07, 6.45) is -6.58. The molecule has 0 unspecified atom stereocenters. The Balaban J connectivity index is 2.53. The Hall–Kier alpha value is -2.43. The van der Waals surface area contributed by atoms with Gasteiger partial charge in [-0.25, -0.2) is 4.39 Å². The molecule has 0 radical (unpaired) electrons. The van der Waals surface area contributed by atoms with E-state index in [2.05, 4.69) is 5.32 Å². The third-order valence-corrected chi connectivity index (χ3v) is 5.94. The Kier molecular flexibility index (Phi) is 6.61. The van der Waals surface area contributed by atoms with Crippen LogP contribution in [0.5, 0.6) is 5.75 Å². The minimum atomic E-state index is -4.86. The van der Waals surface area contributed by atoms with Crippen LogP contribution in [0.15, 0.2) is 12.1 Å². The molecule has 11 heteroatoms. The first-order valence-corrected chi connectivity index (χ1v) is 9.42. The summed E-state index contributed by atoms with van der Waals surface area (Å²) < 4.78 is 79.6. The third-order valence-electron chi connectivity index (χ3n) is 5.94. The molecule has 1 fully saturated rings. The first-order valence-electron chi connectivity index (χ1n) is 9.42. The van der Waals surface area contributed by atoms with E-state index < -0.39 is 64.3 Å². The fourth-order valence-corrected chi connectivity index (χ4v) is 3.54. The van der Waals surface area contributed by atoms with Crippen molar-refractivity contribution in [1.29, 1.82) is 0 Å². The maximum Gasteiger partial charge on any atom is 0.417 e.